The van der Waals surface area contributed by atoms with Crippen molar-refractivity contribution in [2.75, 3.05) is 0 Å². The minimum Gasteiger partial charge on any atom is -0.303 e. The lowest BCUT2D eigenvalue weighted by atomic mass is 9.62. The SMILES string of the molecule is CC1(C)CCC(C)(C)c2cc(C3(C)CC3(C)C=O)ccc21. The molecule has 0 heterocycles. The van der Waals surface area contributed by atoms with Crippen LogP contribution in [0.25, 0.3) is 0 Å². The van der Waals surface area contributed by atoms with E-state index in [1.807, 2.05) is 0 Å². The Hall–Kier alpha value is -1.11. The van der Waals surface area contributed by atoms with Gasteiger partial charge in [-0.3, -0.25) is 0 Å². The number of rotatable bonds is 2. The minimum atomic E-state index is -0.171. The summed E-state index contributed by atoms with van der Waals surface area (Å²) >= 11 is 0. The Labute approximate surface area is 129 Å². The van der Waals surface area contributed by atoms with E-state index >= 15 is 0 Å². The lowest BCUT2D eigenvalue weighted by Gasteiger charge is -2.42. The molecule has 2 atom stereocenters. The van der Waals surface area contributed by atoms with Crippen LogP contribution in [0.2, 0.25) is 0 Å². The molecule has 2 aliphatic rings. The van der Waals surface area contributed by atoms with Crippen LogP contribution in [0, 0.1) is 5.41 Å². The quantitative estimate of drug-likeness (QED) is 0.706. The second kappa shape index (κ2) is 4.00. The van der Waals surface area contributed by atoms with E-state index in [1.54, 1.807) is 0 Å². The van der Waals surface area contributed by atoms with Crippen molar-refractivity contribution in [1.82, 2.24) is 0 Å². The van der Waals surface area contributed by atoms with E-state index in [1.165, 1.54) is 29.5 Å². The molecule has 0 N–H and O–H groups in total. The highest BCUT2D eigenvalue weighted by molar-refractivity contribution is 5.70. The highest BCUT2D eigenvalue weighted by atomic mass is 16.1. The first-order chi connectivity index (χ1) is 9.56. The third-order valence-electron chi connectivity index (χ3n) is 6.61. The maximum Gasteiger partial charge on any atom is 0.126 e. The Balaban J connectivity index is 2.12. The van der Waals surface area contributed by atoms with Gasteiger partial charge in [0.05, 0.1) is 0 Å². The van der Waals surface area contributed by atoms with Crippen molar-refractivity contribution in [2.45, 2.75) is 77.0 Å². The van der Waals surface area contributed by atoms with Crippen LogP contribution in [-0.2, 0) is 21.0 Å². The zero-order chi connectivity index (χ0) is 15.7. The fourth-order valence-corrected chi connectivity index (χ4v) is 4.23. The molecule has 0 amide bonds. The van der Waals surface area contributed by atoms with Gasteiger partial charge in [-0.05, 0) is 46.8 Å². The van der Waals surface area contributed by atoms with Gasteiger partial charge in [-0.1, -0.05) is 59.7 Å². The summed E-state index contributed by atoms with van der Waals surface area (Å²) in [5, 5.41) is 0. The molecule has 1 nitrogen and oxygen atoms in total. The van der Waals surface area contributed by atoms with Crippen LogP contribution >= 0.6 is 0 Å². The number of hydrogen-bond donors (Lipinski definition) is 0. The van der Waals surface area contributed by atoms with E-state index < -0.39 is 0 Å². The molecule has 0 radical (unpaired) electrons. The van der Waals surface area contributed by atoms with Gasteiger partial charge in [-0.25, -0.2) is 0 Å². The molecule has 1 saturated carbocycles. The first kappa shape index (κ1) is 14.8. The van der Waals surface area contributed by atoms with Gasteiger partial charge in [-0.2, -0.15) is 0 Å². The van der Waals surface area contributed by atoms with Gasteiger partial charge in [0.15, 0.2) is 0 Å². The molecule has 2 unspecified atom stereocenters. The van der Waals surface area contributed by atoms with Crippen LogP contribution in [0.15, 0.2) is 18.2 Å². The lowest BCUT2D eigenvalue weighted by molar-refractivity contribution is -0.112. The van der Waals surface area contributed by atoms with Crippen molar-refractivity contribution in [2.24, 2.45) is 5.41 Å². The maximum absolute atomic E-state index is 11.4. The van der Waals surface area contributed by atoms with E-state index in [9.17, 15) is 4.79 Å². The van der Waals surface area contributed by atoms with Crippen molar-refractivity contribution >= 4 is 6.29 Å². The molecular formula is C20H28O. The van der Waals surface area contributed by atoms with E-state index in [0.717, 1.165) is 12.7 Å². The molecule has 2 aliphatic carbocycles. The molecule has 3 rings (SSSR count). The van der Waals surface area contributed by atoms with E-state index in [2.05, 4.69) is 59.7 Å². The average molecular weight is 284 g/mol. The molecule has 0 bridgehead atoms. The summed E-state index contributed by atoms with van der Waals surface area (Å²) in [6.45, 7) is 13.8. The normalized spacial score (nSPS) is 35.9. The highest BCUT2D eigenvalue weighted by Gasteiger charge is 2.62. The van der Waals surface area contributed by atoms with Gasteiger partial charge in [-0.15, -0.1) is 0 Å². The van der Waals surface area contributed by atoms with E-state index in [0.29, 0.717) is 0 Å². The van der Waals surface area contributed by atoms with E-state index in [4.69, 9.17) is 0 Å². The fourth-order valence-electron chi connectivity index (χ4n) is 4.23. The maximum atomic E-state index is 11.4. The fraction of sp³-hybridized carbons (Fsp3) is 0.650. The number of hydrogen-bond acceptors (Lipinski definition) is 1. The molecule has 1 aromatic rings. The summed E-state index contributed by atoms with van der Waals surface area (Å²) in [5.74, 6) is 0. The molecular weight excluding hydrogens is 256 g/mol. The number of carbonyl (C=O) groups is 1. The van der Waals surface area contributed by atoms with Gasteiger partial charge < -0.3 is 4.79 Å². The Morgan fingerprint density at radius 1 is 0.905 bits per heavy atom. The second-order valence-electron chi connectivity index (χ2n) is 9.07. The zero-order valence-electron chi connectivity index (χ0n) is 14.3. The van der Waals surface area contributed by atoms with Crippen molar-refractivity contribution in [1.29, 1.82) is 0 Å². The molecule has 0 aromatic heterocycles. The summed E-state index contributed by atoms with van der Waals surface area (Å²) in [7, 11) is 0. The van der Waals surface area contributed by atoms with Crippen molar-refractivity contribution in [3.8, 4) is 0 Å². The summed E-state index contributed by atoms with van der Waals surface area (Å²) in [6.07, 6.45) is 4.61. The standard InChI is InChI=1S/C20H28O/c1-17(2)9-10-18(3,4)16-11-14(7-8-15(16)17)20(6)12-19(20,5)13-21/h7-8,11,13H,9-10,12H2,1-6H3. The van der Waals surface area contributed by atoms with Crippen LogP contribution in [0.3, 0.4) is 0 Å². The van der Waals surface area contributed by atoms with Gasteiger partial charge in [0.2, 0.25) is 0 Å². The molecule has 1 heteroatoms. The third-order valence-corrected chi connectivity index (χ3v) is 6.61. The summed E-state index contributed by atoms with van der Waals surface area (Å²) in [6, 6.07) is 7.02. The molecule has 21 heavy (non-hydrogen) atoms. The number of carbonyl (C=O) groups excluding carboxylic acids is 1. The van der Waals surface area contributed by atoms with Crippen molar-refractivity contribution < 1.29 is 4.79 Å². The summed E-state index contributed by atoms with van der Waals surface area (Å²) in [4.78, 5) is 11.4. The van der Waals surface area contributed by atoms with Gasteiger partial charge >= 0.3 is 0 Å². The zero-order valence-corrected chi connectivity index (χ0v) is 14.3. The Morgan fingerprint density at radius 2 is 1.48 bits per heavy atom. The lowest BCUT2D eigenvalue weighted by Crippen LogP contribution is -2.34. The predicted octanol–water partition coefficient (Wildman–Crippen LogP) is 4.90. The largest absolute Gasteiger partial charge is 0.303 e. The predicted molar refractivity (Wildman–Crippen MR) is 87.9 cm³/mol. The second-order valence-corrected chi connectivity index (χ2v) is 9.07. The van der Waals surface area contributed by atoms with Gasteiger partial charge in [0.1, 0.15) is 6.29 Å². The van der Waals surface area contributed by atoms with Crippen LogP contribution in [0.5, 0.6) is 0 Å². The minimum absolute atomic E-state index is 0.0292. The molecule has 114 valence electrons. The summed E-state index contributed by atoms with van der Waals surface area (Å²) in [5.41, 5.74) is 4.71. The van der Waals surface area contributed by atoms with Crippen LogP contribution < -0.4 is 0 Å². The first-order valence-electron chi connectivity index (χ1n) is 8.18. The van der Waals surface area contributed by atoms with Crippen LogP contribution in [0.4, 0.5) is 0 Å². The number of benzene rings is 1. The third kappa shape index (κ3) is 1.93. The highest BCUT2D eigenvalue weighted by Crippen LogP contribution is 2.63. The topological polar surface area (TPSA) is 17.1 Å². The molecule has 1 aromatic carbocycles. The first-order valence-corrected chi connectivity index (χ1v) is 8.18. The Bertz CT molecular complexity index is 610. The molecule has 0 saturated heterocycles. The van der Waals surface area contributed by atoms with Crippen molar-refractivity contribution in [3.05, 3.63) is 34.9 Å². The average Bonchev–Trinajstić information content (AvgIpc) is 3.00. The van der Waals surface area contributed by atoms with Crippen LogP contribution in [0.1, 0.15) is 77.5 Å². The Morgan fingerprint density at radius 3 is 2.00 bits per heavy atom. The summed E-state index contributed by atoms with van der Waals surface area (Å²) < 4.78 is 0. The number of fused-ring (bicyclic) bond motifs is 1. The smallest absolute Gasteiger partial charge is 0.126 e. The van der Waals surface area contributed by atoms with E-state index in [-0.39, 0.29) is 21.7 Å². The van der Waals surface area contributed by atoms with Gasteiger partial charge in [0.25, 0.3) is 0 Å². The monoisotopic (exact) mass is 284 g/mol. The van der Waals surface area contributed by atoms with Gasteiger partial charge in [0, 0.05) is 10.8 Å². The van der Waals surface area contributed by atoms with Crippen LogP contribution in [-0.4, -0.2) is 6.29 Å². The Kier molecular flexibility index (Phi) is 2.82. The van der Waals surface area contributed by atoms with Crippen molar-refractivity contribution in [3.63, 3.8) is 0 Å². The molecule has 0 spiro atoms. The molecule has 1 fully saturated rings. The molecule has 0 aliphatic heterocycles. The number of aldehydes is 1.